The lowest BCUT2D eigenvalue weighted by Gasteiger charge is -1.95. The Kier molecular flexibility index (Phi) is 2.81. The molecule has 0 aliphatic carbocycles. The minimum atomic E-state index is 0.464. The summed E-state index contributed by atoms with van der Waals surface area (Å²) in [6.07, 6.45) is 0.846. The molecule has 2 rings (SSSR count). The van der Waals surface area contributed by atoms with E-state index in [1.807, 2.05) is 18.2 Å². The van der Waals surface area contributed by atoms with Crippen molar-refractivity contribution in [1.29, 1.82) is 0 Å². The summed E-state index contributed by atoms with van der Waals surface area (Å²) >= 11 is 11.5. The molecule has 0 fully saturated rings. The molecule has 1 heterocycles. The lowest BCUT2D eigenvalue weighted by atomic mass is 10.1. The van der Waals surface area contributed by atoms with Gasteiger partial charge in [0.05, 0.1) is 4.21 Å². The van der Waals surface area contributed by atoms with Crippen molar-refractivity contribution in [3.8, 4) is 0 Å². The second kappa shape index (κ2) is 3.93. The molecule has 0 unspecified atom stereocenters. The zero-order chi connectivity index (χ0) is 10.1. The zero-order valence-corrected chi connectivity index (χ0v) is 9.63. The number of thiol groups is 1. The summed E-state index contributed by atoms with van der Waals surface area (Å²) in [6.45, 7) is 0. The minimum Gasteiger partial charge on any atom is -0.298 e. The van der Waals surface area contributed by atoms with Crippen LogP contribution in [0.2, 0.25) is 0 Å². The van der Waals surface area contributed by atoms with Crippen LogP contribution in [0, 0.1) is 0 Å². The second-order valence-corrected chi connectivity index (χ2v) is 4.97. The van der Waals surface area contributed by atoms with Crippen molar-refractivity contribution in [3.05, 3.63) is 29.3 Å². The number of alkyl halides is 1. The number of hydrogen-bond acceptors (Lipinski definition) is 3. The number of rotatable bonds is 2. The fourth-order valence-electron chi connectivity index (χ4n) is 1.35. The van der Waals surface area contributed by atoms with Crippen molar-refractivity contribution >= 4 is 51.9 Å². The van der Waals surface area contributed by atoms with Gasteiger partial charge in [0.2, 0.25) is 0 Å². The van der Waals surface area contributed by atoms with Crippen molar-refractivity contribution < 1.29 is 4.79 Å². The molecule has 1 aromatic carbocycles. The Morgan fingerprint density at radius 2 is 2.29 bits per heavy atom. The molecule has 0 bridgehead atoms. The molecule has 1 nitrogen and oxygen atoms in total. The Morgan fingerprint density at radius 3 is 2.93 bits per heavy atom. The van der Waals surface area contributed by atoms with Crippen LogP contribution in [0.5, 0.6) is 0 Å². The van der Waals surface area contributed by atoms with Crippen LogP contribution in [0.4, 0.5) is 0 Å². The largest absolute Gasteiger partial charge is 0.298 e. The topological polar surface area (TPSA) is 17.1 Å². The van der Waals surface area contributed by atoms with E-state index >= 15 is 0 Å². The lowest BCUT2D eigenvalue weighted by Crippen LogP contribution is -1.80. The smallest absolute Gasteiger partial charge is 0.152 e. The van der Waals surface area contributed by atoms with Crippen LogP contribution in [0.25, 0.3) is 10.1 Å². The monoisotopic (exact) mass is 242 g/mol. The van der Waals surface area contributed by atoms with Crippen molar-refractivity contribution in [1.82, 2.24) is 0 Å². The fraction of sp³-hybridized carbons (Fsp3) is 0.100. The van der Waals surface area contributed by atoms with E-state index in [-0.39, 0.29) is 0 Å². The van der Waals surface area contributed by atoms with Gasteiger partial charge in [0, 0.05) is 21.5 Å². The number of fused-ring (bicyclic) bond motifs is 1. The molecule has 14 heavy (non-hydrogen) atoms. The van der Waals surface area contributed by atoms with Crippen LogP contribution in [0.1, 0.15) is 15.9 Å². The van der Waals surface area contributed by atoms with Gasteiger partial charge in [-0.3, -0.25) is 4.79 Å². The highest BCUT2D eigenvalue weighted by Crippen LogP contribution is 2.33. The van der Waals surface area contributed by atoms with E-state index in [4.69, 9.17) is 11.6 Å². The molecule has 0 amide bonds. The summed E-state index contributed by atoms with van der Waals surface area (Å²) in [6, 6.07) is 5.89. The molecule has 72 valence electrons. The summed E-state index contributed by atoms with van der Waals surface area (Å²) in [5.41, 5.74) is 1.69. The molecule has 0 atom stereocenters. The molecular formula is C10H7ClOS2. The molecule has 0 aliphatic heterocycles. The molecule has 2 aromatic rings. The first kappa shape index (κ1) is 10.0. The highest BCUT2D eigenvalue weighted by Gasteiger charge is 2.08. The maximum Gasteiger partial charge on any atom is 0.152 e. The van der Waals surface area contributed by atoms with Gasteiger partial charge in [0.25, 0.3) is 0 Å². The minimum absolute atomic E-state index is 0.464. The Morgan fingerprint density at radius 1 is 1.50 bits per heavy atom. The van der Waals surface area contributed by atoms with Crippen LogP contribution in [-0.4, -0.2) is 6.29 Å². The highest BCUT2D eigenvalue weighted by atomic mass is 35.5. The lowest BCUT2D eigenvalue weighted by molar-refractivity contribution is 0.112. The second-order valence-electron chi connectivity index (χ2n) is 2.90. The van der Waals surface area contributed by atoms with E-state index in [2.05, 4.69) is 12.6 Å². The molecule has 0 saturated heterocycles. The third-order valence-electron chi connectivity index (χ3n) is 2.04. The summed E-state index contributed by atoms with van der Waals surface area (Å²) in [5.74, 6) is 0.464. The average molecular weight is 243 g/mol. The molecule has 1 aromatic heterocycles. The van der Waals surface area contributed by atoms with E-state index in [0.29, 0.717) is 11.4 Å². The Bertz CT molecular complexity index is 490. The van der Waals surface area contributed by atoms with Gasteiger partial charge in [-0.1, -0.05) is 6.07 Å². The van der Waals surface area contributed by atoms with E-state index in [9.17, 15) is 4.79 Å². The van der Waals surface area contributed by atoms with Gasteiger partial charge in [0.15, 0.2) is 6.29 Å². The summed E-state index contributed by atoms with van der Waals surface area (Å²) in [4.78, 5) is 10.8. The quantitative estimate of drug-likeness (QED) is 0.482. The van der Waals surface area contributed by atoms with Crippen molar-refractivity contribution in [3.63, 3.8) is 0 Å². The van der Waals surface area contributed by atoms with Gasteiger partial charge < -0.3 is 0 Å². The van der Waals surface area contributed by atoms with Crippen LogP contribution in [0.15, 0.2) is 22.4 Å². The first-order valence-electron chi connectivity index (χ1n) is 4.02. The third kappa shape index (κ3) is 1.56. The van der Waals surface area contributed by atoms with Gasteiger partial charge in [0.1, 0.15) is 0 Å². The van der Waals surface area contributed by atoms with Crippen molar-refractivity contribution in [2.75, 3.05) is 0 Å². The Labute approximate surface area is 96.1 Å². The standard InChI is InChI=1S/C10H7ClOS2/c11-4-6-1-2-9-7(3-6)8(5-12)10(13)14-9/h1-3,5,13H,4H2. The molecule has 4 heteroatoms. The van der Waals surface area contributed by atoms with Crippen molar-refractivity contribution in [2.24, 2.45) is 0 Å². The normalized spacial score (nSPS) is 10.7. The van der Waals surface area contributed by atoms with E-state index < -0.39 is 0 Å². The average Bonchev–Trinajstić information content (AvgIpc) is 2.52. The SMILES string of the molecule is O=Cc1c(S)sc2ccc(CCl)cc12. The number of hydrogen-bond donors (Lipinski definition) is 1. The van der Waals surface area contributed by atoms with Gasteiger partial charge in [-0.25, -0.2) is 0 Å². The zero-order valence-electron chi connectivity index (χ0n) is 7.16. The summed E-state index contributed by atoms with van der Waals surface area (Å²) in [5, 5.41) is 0.952. The molecule has 0 N–H and O–H groups in total. The molecule has 0 spiro atoms. The predicted octanol–water partition coefficient (Wildman–Crippen LogP) is 3.74. The van der Waals surface area contributed by atoms with Gasteiger partial charge in [-0.05, 0) is 17.7 Å². The third-order valence-corrected chi connectivity index (χ3v) is 3.86. The summed E-state index contributed by atoms with van der Waals surface area (Å²) < 4.78 is 1.84. The number of aldehydes is 1. The van der Waals surface area contributed by atoms with Crippen LogP contribution < -0.4 is 0 Å². The first-order valence-corrected chi connectivity index (χ1v) is 5.81. The van der Waals surface area contributed by atoms with E-state index in [0.717, 1.165) is 26.1 Å². The molecule has 0 aliphatic rings. The summed E-state index contributed by atoms with van der Waals surface area (Å²) in [7, 11) is 0. The predicted molar refractivity (Wildman–Crippen MR) is 64.0 cm³/mol. The first-order chi connectivity index (χ1) is 6.76. The van der Waals surface area contributed by atoms with E-state index in [1.165, 1.54) is 11.3 Å². The van der Waals surface area contributed by atoms with Crippen LogP contribution in [-0.2, 0) is 5.88 Å². The van der Waals surface area contributed by atoms with Gasteiger partial charge in [-0.15, -0.1) is 35.6 Å². The number of carbonyl (C=O) groups is 1. The Balaban J connectivity index is 2.77. The number of benzene rings is 1. The molecular weight excluding hydrogens is 236 g/mol. The molecule has 0 radical (unpaired) electrons. The van der Waals surface area contributed by atoms with Crippen molar-refractivity contribution in [2.45, 2.75) is 10.1 Å². The van der Waals surface area contributed by atoms with Crippen LogP contribution >= 0.6 is 35.6 Å². The number of thiophene rings is 1. The van der Waals surface area contributed by atoms with Gasteiger partial charge in [-0.2, -0.15) is 0 Å². The van der Waals surface area contributed by atoms with Crippen LogP contribution in [0.3, 0.4) is 0 Å². The molecule has 0 saturated carbocycles. The highest BCUT2D eigenvalue weighted by molar-refractivity contribution is 7.83. The number of halogens is 1. The van der Waals surface area contributed by atoms with E-state index in [1.54, 1.807) is 0 Å². The maximum absolute atomic E-state index is 10.8. The number of carbonyl (C=O) groups excluding carboxylic acids is 1. The fourth-order valence-corrected chi connectivity index (χ4v) is 2.87. The maximum atomic E-state index is 10.8. The van der Waals surface area contributed by atoms with Gasteiger partial charge >= 0.3 is 0 Å². The Hall–Kier alpha value is -0.510.